The van der Waals surface area contributed by atoms with Crippen LogP contribution in [0.15, 0.2) is 97.1 Å². The maximum Gasteiger partial charge on any atom is 0.336 e. The van der Waals surface area contributed by atoms with E-state index in [0.717, 1.165) is 35.4 Å². The summed E-state index contributed by atoms with van der Waals surface area (Å²) in [4.78, 5) is 56.3. The molecule has 0 heterocycles. The van der Waals surface area contributed by atoms with E-state index in [-0.39, 0.29) is 16.9 Å². The molecular weight excluding hydrogens is 492 g/mol. The van der Waals surface area contributed by atoms with Crippen LogP contribution in [-0.4, -0.2) is 50.1 Å². The van der Waals surface area contributed by atoms with Crippen LogP contribution in [0.2, 0.25) is 0 Å². The minimum Gasteiger partial charge on any atom is -0.478 e. The molecule has 0 unspecified atom stereocenters. The van der Waals surface area contributed by atoms with Gasteiger partial charge in [-0.15, -0.1) is 0 Å². The predicted octanol–water partition coefficient (Wildman–Crippen LogP) is 5.06. The molecule has 4 aromatic carbocycles. The molecule has 0 radical (unpaired) electrons. The number of rotatable bonds is 7. The van der Waals surface area contributed by atoms with Crippen molar-refractivity contribution >= 4 is 29.7 Å². The fourth-order valence-corrected chi connectivity index (χ4v) is 3.52. The van der Waals surface area contributed by atoms with Gasteiger partial charge in [-0.05, 0) is 35.4 Å². The van der Waals surface area contributed by atoms with Crippen molar-refractivity contribution in [3.63, 3.8) is 0 Å². The number of carbonyl (C=O) groups is 5. The van der Waals surface area contributed by atoms with Gasteiger partial charge in [0.05, 0.1) is 22.3 Å². The summed E-state index contributed by atoms with van der Waals surface area (Å²) in [7, 11) is 0. The third-order valence-electron chi connectivity index (χ3n) is 5.37. The van der Waals surface area contributed by atoms with E-state index in [1.807, 2.05) is 60.7 Å². The Morgan fingerprint density at radius 2 is 0.711 bits per heavy atom. The van der Waals surface area contributed by atoms with Crippen LogP contribution in [0, 0.1) is 0 Å². The highest BCUT2D eigenvalue weighted by atomic mass is 16.4. The molecule has 0 amide bonds. The van der Waals surface area contributed by atoms with Crippen molar-refractivity contribution in [3.8, 4) is 11.1 Å². The van der Waals surface area contributed by atoms with Gasteiger partial charge < -0.3 is 20.4 Å². The van der Waals surface area contributed by atoms with Crippen LogP contribution in [0.5, 0.6) is 0 Å². The first-order valence-corrected chi connectivity index (χ1v) is 11.0. The van der Waals surface area contributed by atoms with E-state index < -0.39 is 46.1 Å². The largest absolute Gasteiger partial charge is 0.478 e. The Balaban J connectivity index is 0.000000241. The molecule has 0 aromatic heterocycles. The van der Waals surface area contributed by atoms with Gasteiger partial charge in [0.2, 0.25) is 0 Å². The molecule has 0 aliphatic rings. The normalized spacial score (nSPS) is 10.0. The van der Waals surface area contributed by atoms with Gasteiger partial charge in [-0.25, -0.2) is 19.2 Å². The van der Waals surface area contributed by atoms with Gasteiger partial charge in [0.25, 0.3) is 0 Å². The zero-order chi connectivity index (χ0) is 27.8. The first kappa shape index (κ1) is 27.0. The second-order valence-corrected chi connectivity index (χ2v) is 7.80. The molecule has 4 aromatic rings. The number of carboxylic acid groups (broad SMARTS) is 4. The molecule has 4 N–H and O–H groups in total. The summed E-state index contributed by atoms with van der Waals surface area (Å²) in [6.07, 6.45) is 0. The second-order valence-electron chi connectivity index (χ2n) is 7.80. The van der Waals surface area contributed by atoms with E-state index in [0.29, 0.717) is 0 Å². The van der Waals surface area contributed by atoms with E-state index in [1.54, 1.807) is 0 Å². The van der Waals surface area contributed by atoms with Crippen LogP contribution in [0.3, 0.4) is 0 Å². The van der Waals surface area contributed by atoms with E-state index >= 15 is 0 Å². The Kier molecular flexibility index (Phi) is 8.47. The van der Waals surface area contributed by atoms with Crippen LogP contribution in [0.4, 0.5) is 0 Å². The van der Waals surface area contributed by atoms with Crippen molar-refractivity contribution in [1.29, 1.82) is 0 Å². The lowest BCUT2D eigenvalue weighted by Gasteiger charge is -2.09. The number of benzene rings is 4. The van der Waals surface area contributed by atoms with Crippen molar-refractivity contribution < 1.29 is 44.4 Å². The summed E-state index contributed by atoms with van der Waals surface area (Å²) >= 11 is 0. The molecule has 9 heteroatoms. The maximum absolute atomic E-state index is 11.8. The average molecular weight is 512 g/mol. The molecule has 38 heavy (non-hydrogen) atoms. The van der Waals surface area contributed by atoms with E-state index in [9.17, 15) is 24.0 Å². The van der Waals surface area contributed by atoms with Crippen molar-refractivity contribution in [2.24, 2.45) is 0 Å². The minimum absolute atomic E-state index is 0.0752. The van der Waals surface area contributed by atoms with Crippen LogP contribution in [0.1, 0.15) is 57.4 Å². The van der Waals surface area contributed by atoms with Crippen molar-refractivity contribution in [2.75, 3.05) is 0 Å². The number of carboxylic acids is 4. The Hall–Kier alpha value is -5.57. The smallest absolute Gasteiger partial charge is 0.336 e. The van der Waals surface area contributed by atoms with Crippen LogP contribution in [0.25, 0.3) is 11.1 Å². The Labute approximate surface area is 215 Å². The number of hydrogen-bond donors (Lipinski definition) is 4. The van der Waals surface area contributed by atoms with E-state index in [2.05, 4.69) is 0 Å². The van der Waals surface area contributed by atoms with Gasteiger partial charge in [-0.2, -0.15) is 0 Å². The lowest BCUT2D eigenvalue weighted by Crippen LogP contribution is -2.09. The summed E-state index contributed by atoms with van der Waals surface area (Å²) in [5.74, 6) is -5.64. The van der Waals surface area contributed by atoms with Gasteiger partial charge in [-0.3, -0.25) is 4.79 Å². The summed E-state index contributed by atoms with van der Waals surface area (Å²) < 4.78 is 0. The summed E-state index contributed by atoms with van der Waals surface area (Å²) in [6.45, 7) is 0. The first-order chi connectivity index (χ1) is 18.1. The second kappa shape index (κ2) is 11.9. The average Bonchev–Trinajstić information content (AvgIpc) is 2.93. The van der Waals surface area contributed by atoms with E-state index in [1.165, 1.54) is 12.1 Å². The van der Waals surface area contributed by atoms with Gasteiger partial charge >= 0.3 is 23.9 Å². The molecule has 9 nitrogen and oxygen atoms in total. The summed E-state index contributed by atoms with van der Waals surface area (Å²) in [6, 6.07) is 25.6. The van der Waals surface area contributed by atoms with Crippen molar-refractivity contribution in [3.05, 3.63) is 130 Å². The molecule has 0 saturated carbocycles. The lowest BCUT2D eigenvalue weighted by atomic mass is 9.96. The molecule has 0 bridgehead atoms. The SMILES string of the molecule is O=C(O)c1ccc(-c2ccc(C(=O)O)c(C(=O)O)c2)cc1C(=O)O.O=C(c1ccccc1)c1ccccc1. The van der Waals surface area contributed by atoms with Crippen molar-refractivity contribution in [1.82, 2.24) is 0 Å². The molecule has 0 aliphatic carbocycles. The highest BCUT2D eigenvalue weighted by Crippen LogP contribution is 2.26. The number of hydrogen-bond acceptors (Lipinski definition) is 5. The summed E-state index contributed by atoms with van der Waals surface area (Å²) in [5, 5.41) is 36.2. The van der Waals surface area contributed by atoms with Crippen LogP contribution >= 0.6 is 0 Å². The minimum atomic E-state index is -1.45. The Bertz CT molecular complexity index is 1410. The quantitative estimate of drug-likeness (QED) is 0.247. The third-order valence-corrected chi connectivity index (χ3v) is 5.37. The van der Waals surface area contributed by atoms with Gasteiger partial charge in [0.1, 0.15) is 0 Å². The fourth-order valence-electron chi connectivity index (χ4n) is 3.52. The van der Waals surface area contributed by atoms with Crippen LogP contribution < -0.4 is 0 Å². The number of aromatic carboxylic acids is 4. The lowest BCUT2D eigenvalue weighted by molar-refractivity contribution is 0.0651. The van der Waals surface area contributed by atoms with Gasteiger partial charge in [0.15, 0.2) is 5.78 Å². The molecule has 0 aliphatic heterocycles. The zero-order valence-electron chi connectivity index (χ0n) is 19.6. The molecule has 0 atom stereocenters. The molecular formula is C29H20O9. The Morgan fingerprint density at radius 1 is 0.395 bits per heavy atom. The van der Waals surface area contributed by atoms with Crippen LogP contribution in [-0.2, 0) is 0 Å². The van der Waals surface area contributed by atoms with Gasteiger partial charge in [-0.1, -0.05) is 72.8 Å². The van der Waals surface area contributed by atoms with E-state index in [4.69, 9.17) is 20.4 Å². The van der Waals surface area contributed by atoms with Gasteiger partial charge in [0, 0.05) is 11.1 Å². The highest BCUT2D eigenvalue weighted by Gasteiger charge is 2.20. The Morgan fingerprint density at radius 3 is 1.00 bits per heavy atom. The highest BCUT2D eigenvalue weighted by molar-refractivity contribution is 6.09. The zero-order valence-corrected chi connectivity index (χ0v) is 19.6. The molecule has 0 spiro atoms. The topological polar surface area (TPSA) is 166 Å². The number of ketones is 1. The molecule has 0 fully saturated rings. The predicted molar refractivity (Wildman–Crippen MR) is 136 cm³/mol. The van der Waals surface area contributed by atoms with Crippen molar-refractivity contribution in [2.45, 2.75) is 0 Å². The summed E-state index contributed by atoms with van der Waals surface area (Å²) in [5.41, 5.74) is 0.225. The standard InChI is InChI=1S/C16H10O8.C13H10O/c17-13(18)9-3-1-7(5-11(9)15(21)22)8-2-4-10(14(19)20)12(6-8)16(23)24;14-13(11-7-3-1-4-8-11)12-9-5-2-6-10-12/h1-6H,(H,17,18)(H,19,20)(H,21,22)(H,23,24);1-10H. The monoisotopic (exact) mass is 512 g/mol. The molecule has 4 rings (SSSR count). The maximum atomic E-state index is 11.8. The fraction of sp³-hybridized carbons (Fsp3) is 0. The first-order valence-electron chi connectivity index (χ1n) is 11.0. The third kappa shape index (κ3) is 6.35. The number of carbonyl (C=O) groups excluding carboxylic acids is 1. The molecule has 190 valence electrons. The molecule has 0 saturated heterocycles.